The third-order valence-electron chi connectivity index (χ3n) is 4.71. The number of amides is 2. The van der Waals surface area contributed by atoms with Crippen LogP contribution in [0.3, 0.4) is 0 Å². The third-order valence-corrected chi connectivity index (χ3v) is 6.05. The molecule has 0 unspecified atom stereocenters. The first-order valence-corrected chi connectivity index (χ1v) is 9.52. The number of ether oxygens (including phenoxy) is 2. The van der Waals surface area contributed by atoms with Gasteiger partial charge in [0.15, 0.2) is 0 Å². The Labute approximate surface area is 155 Å². The second kappa shape index (κ2) is 7.30. The molecular weight excluding hydrogens is 360 g/mol. The molecule has 3 heterocycles. The van der Waals surface area contributed by atoms with Gasteiger partial charge in [-0.1, -0.05) is 11.8 Å². The van der Waals surface area contributed by atoms with Crippen LogP contribution in [0, 0.1) is 5.92 Å². The Morgan fingerprint density at radius 1 is 1.19 bits per heavy atom. The molecule has 26 heavy (non-hydrogen) atoms. The fourth-order valence-corrected chi connectivity index (χ4v) is 5.03. The van der Waals surface area contributed by atoms with E-state index in [1.807, 2.05) is 0 Å². The zero-order valence-corrected chi connectivity index (χ0v) is 15.8. The van der Waals surface area contributed by atoms with Gasteiger partial charge in [-0.25, -0.2) is 0 Å². The monoisotopic (exact) mass is 382 g/mol. The molecule has 0 aromatic heterocycles. The maximum atomic E-state index is 12.9. The van der Waals surface area contributed by atoms with E-state index in [0.29, 0.717) is 23.7 Å². The Morgan fingerprint density at radius 3 is 2.42 bits per heavy atom. The lowest BCUT2D eigenvalue weighted by Crippen LogP contribution is -2.62. The number of nitrogens with zero attached hydrogens (tertiary/aromatic N) is 2. The van der Waals surface area contributed by atoms with Gasteiger partial charge in [0.25, 0.3) is 5.91 Å². The average Bonchev–Trinajstić information content (AvgIpc) is 3.17. The lowest BCUT2D eigenvalue weighted by atomic mass is 9.91. The molecule has 3 aliphatic rings. The highest BCUT2D eigenvalue weighted by Gasteiger charge is 2.59. The lowest BCUT2D eigenvalue weighted by Gasteiger charge is -2.45. The van der Waals surface area contributed by atoms with Gasteiger partial charge in [-0.3, -0.25) is 24.1 Å². The van der Waals surface area contributed by atoms with Crippen LogP contribution in [0.25, 0.3) is 0 Å². The molecule has 0 aliphatic carbocycles. The summed E-state index contributed by atoms with van der Waals surface area (Å²) in [6.07, 6.45) is 1.30. The van der Waals surface area contributed by atoms with Gasteiger partial charge in [-0.2, -0.15) is 0 Å². The first kappa shape index (κ1) is 18.8. The minimum Gasteiger partial charge on any atom is -0.462 e. The molecule has 0 bridgehead atoms. The molecule has 0 aromatic rings. The summed E-state index contributed by atoms with van der Waals surface area (Å²) in [5.41, 5.74) is 0.305. The summed E-state index contributed by atoms with van der Waals surface area (Å²) >= 11 is 1.33. The van der Waals surface area contributed by atoms with Crippen molar-refractivity contribution in [2.75, 3.05) is 19.7 Å². The van der Waals surface area contributed by atoms with Gasteiger partial charge < -0.3 is 14.4 Å². The molecule has 3 atom stereocenters. The van der Waals surface area contributed by atoms with E-state index in [2.05, 4.69) is 0 Å². The maximum absolute atomic E-state index is 12.9. The number of rotatable bonds is 5. The normalized spacial score (nSPS) is 25.7. The molecule has 142 valence electrons. The van der Waals surface area contributed by atoms with Crippen LogP contribution >= 0.6 is 11.8 Å². The zero-order chi connectivity index (χ0) is 19.0. The number of fused-ring (bicyclic) bond motifs is 1. The number of thioether (sulfide) groups is 1. The van der Waals surface area contributed by atoms with E-state index in [4.69, 9.17) is 9.47 Å². The molecule has 0 N–H and O–H groups in total. The maximum Gasteiger partial charge on any atom is 0.302 e. The molecule has 0 spiro atoms. The standard InChI is InChI=1S/C17H22N2O6S/c1-9(25-11(3)21)13-15(22)19-14(16(23)18-6-4-5-7-18)12(26-17(13)19)8-24-10(2)20/h9,13,17H,4-8H2,1-3H3/t9-,13+,17+/m1/s1. The van der Waals surface area contributed by atoms with Crippen molar-refractivity contribution in [2.24, 2.45) is 5.92 Å². The van der Waals surface area contributed by atoms with E-state index in [-0.39, 0.29) is 23.8 Å². The minimum atomic E-state index is -0.579. The van der Waals surface area contributed by atoms with Crippen molar-refractivity contribution in [1.82, 2.24) is 9.80 Å². The molecule has 3 rings (SSSR count). The van der Waals surface area contributed by atoms with Crippen molar-refractivity contribution in [3.8, 4) is 0 Å². The van der Waals surface area contributed by atoms with Crippen LogP contribution in [0.2, 0.25) is 0 Å². The van der Waals surface area contributed by atoms with Gasteiger partial charge in [-0.15, -0.1) is 0 Å². The summed E-state index contributed by atoms with van der Waals surface area (Å²) in [6, 6.07) is 0. The Kier molecular flexibility index (Phi) is 5.27. The van der Waals surface area contributed by atoms with Crippen LogP contribution in [0.1, 0.15) is 33.6 Å². The van der Waals surface area contributed by atoms with Crippen LogP contribution in [-0.4, -0.2) is 64.7 Å². The van der Waals surface area contributed by atoms with Gasteiger partial charge in [0.2, 0.25) is 5.91 Å². The number of hydrogen-bond donors (Lipinski definition) is 0. The average molecular weight is 382 g/mol. The first-order valence-electron chi connectivity index (χ1n) is 8.64. The van der Waals surface area contributed by atoms with E-state index in [1.54, 1.807) is 11.8 Å². The SMILES string of the molecule is CC(=O)OCC1=C(C(=O)N2CCCC2)N2C(=O)[C@H]([C@@H](C)OC(C)=O)[C@@H]2S1. The van der Waals surface area contributed by atoms with Crippen molar-refractivity contribution in [3.63, 3.8) is 0 Å². The Bertz CT molecular complexity index is 685. The van der Waals surface area contributed by atoms with Crippen molar-refractivity contribution < 1.29 is 28.7 Å². The highest BCUT2D eigenvalue weighted by atomic mass is 32.2. The predicted molar refractivity (Wildman–Crippen MR) is 92.4 cm³/mol. The zero-order valence-electron chi connectivity index (χ0n) is 15.0. The van der Waals surface area contributed by atoms with Crippen molar-refractivity contribution in [2.45, 2.75) is 45.1 Å². The molecule has 8 nitrogen and oxygen atoms in total. The van der Waals surface area contributed by atoms with Crippen molar-refractivity contribution in [1.29, 1.82) is 0 Å². The second-order valence-electron chi connectivity index (χ2n) is 6.61. The van der Waals surface area contributed by atoms with Crippen LogP contribution in [0.5, 0.6) is 0 Å². The van der Waals surface area contributed by atoms with Gasteiger partial charge in [0.05, 0.1) is 4.91 Å². The second-order valence-corrected chi connectivity index (χ2v) is 7.82. The van der Waals surface area contributed by atoms with Gasteiger partial charge in [0, 0.05) is 26.9 Å². The molecule has 2 fully saturated rings. The van der Waals surface area contributed by atoms with Crippen molar-refractivity contribution in [3.05, 3.63) is 10.6 Å². The molecule has 0 saturated carbocycles. The minimum absolute atomic E-state index is 0.0378. The summed E-state index contributed by atoms with van der Waals surface area (Å²) < 4.78 is 10.2. The number of β-lactam (4-membered cyclic amide) rings is 1. The number of esters is 2. The summed E-state index contributed by atoms with van der Waals surface area (Å²) in [4.78, 5) is 51.8. The molecular formula is C17H22N2O6S. The van der Waals surface area contributed by atoms with E-state index in [0.717, 1.165) is 12.8 Å². The van der Waals surface area contributed by atoms with Crippen LogP contribution in [-0.2, 0) is 28.7 Å². The molecule has 3 aliphatic heterocycles. The summed E-state index contributed by atoms with van der Waals surface area (Å²) in [5.74, 6) is -1.85. The molecule has 0 radical (unpaired) electrons. The third kappa shape index (κ3) is 3.32. The number of carbonyl (C=O) groups is 4. The van der Waals surface area contributed by atoms with E-state index >= 15 is 0 Å². The summed E-state index contributed by atoms with van der Waals surface area (Å²) in [7, 11) is 0. The molecule has 9 heteroatoms. The highest BCUT2D eigenvalue weighted by molar-refractivity contribution is 8.04. The van der Waals surface area contributed by atoms with Gasteiger partial charge >= 0.3 is 11.9 Å². The van der Waals surface area contributed by atoms with Crippen LogP contribution in [0.15, 0.2) is 10.6 Å². The molecule has 2 saturated heterocycles. The molecule has 2 amide bonds. The Morgan fingerprint density at radius 2 is 1.85 bits per heavy atom. The quantitative estimate of drug-likeness (QED) is 0.514. The lowest BCUT2D eigenvalue weighted by molar-refractivity contribution is -0.164. The van der Waals surface area contributed by atoms with Gasteiger partial charge in [0.1, 0.15) is 29.7 Å². The van der Waals surface area contributed by atoms with E-state index in [1.165, 1.54) is 30.5 Å². The van der Waals surface area contributed by atoms with Gasteiger partial charge in [-0.05, 0) is 19.8 Å². The fraction of sp³-hybridized carbons (Fsp3) is 0.647. The Hall–Kier alpha value is -2.03. The Balaban J connectivity index is 1.82. The first-order chi connectivity index (χ1) is 12.3. The van der Waals surface area contributed by atoms with Crippen molar-refractivity contribution >= 4 is 35.5 Å². The summed E-state index contributed by atoms with van der Waals surface area (Å²) in [6.45, 7) is 5.55. The smallest absolute Gasteiger partial charge is 0.302 e. The highest BCUT2D eigenvalue weighted by Crippen LogP contribution is 2.51. The van der Waals surface area contributed by atoms with Crippen LogP contribution < -0.4 is 0 Å². The largest absolute Gasteiger partial charge is 0.462 e. The summed E-state index contributed by atoms with van der Waals surface area (Å²) in [5, 5.41) is -0.316. The number of carbonyl (C=O) groups excluding carboxylic acids is 4. The topological polar surface area (TPSA) is 93.2 Å². The van der Waals surface area contributed by atoms with E-state index in [9.17, 15) is 19.2 Å². The predicted octanol–water partition coefficient (Wildman–Crippen LogP) is 0.866. The molecule has 0 aromatic carbocycles. The fourth-order valence-electron chi connectivity index (χ4n) is 3.52. The number of likely N-dealkylation sites (tertiary alicyclic amines) is 1. The number of hydrogen-bond acceptors (Lipinski definition) is 7. The van der Waals surface area contributed by atoms with E-state index < -0.39 is 24.0 Å². The van der Waals surface area contributed by atoms with Crippen LogP contribution in [0.4, 0.5) is 0 Å².